The number of benzene rings is 1. The molecule has 1 aromatic rings. The molecule has 0 saturated heterocycles. The molecule has 0 heterocycles. The molecule has 1 aromatic carbocycles. The van der Waals surface area contributed by atoms with Gasteiger partial charge in [-0.15, -0.1) is 0 Å². The van der Waals surface area contributed by atoms with E-state index in [1.165, 1.54) is 22.3 Å². The van der Waals surface area contributed by atoms with Crippen LogP contribution in [0.3, 0.4) is 0 Å². The maximum absolute atomic E-state index is 4.05. The first-order chi connectivity index (χ1) is 9.42. The quantitative estimate of drug-likeness (QED) is 0.762. The number of hydrogen-bond donors (Lipinski definition) is 0. The molecule has 0 atom stereocenters. The van der Waals surface area contributed by atoms with E-state index in [4.69, 9.17) is 0 Å². The molecule has 106 valence electrons. The van der Waals surface area contributed by atoms with Crippen molar-refractivity contribution in [3.63, 3.8) is 0 Å². The molecule has 0 bridgehead atoms. The minimum absolute atomic E-state index is 0.829. The average molecular weight is 269 g/mol. The van der Waals surface area contributed by atoms with Gasteiger partial charge >= 0.3 is 6.07 Å². The van der Waals surface area contributed by atoms with Crippen LogP contribution < -0.4 is 0 Å². The maximum atomic E-state index is 4.05. The van der Waals surface area contributed by atoms with E-state index >= 15 is 0 Å². The Morgan fingerprint density at radius 2 is 2.00 bits per heavy atom. The zero-order chi connectivity index (χ0) is 15.3. The number of hydrogen-bond acceptors (Lipinski definition) is 1. The van der Waals surface area contributed by atoms with Gasteiger partial charge in [0.15, 0.2) is 0 Å². The maximum Gasteiger partial charge on any atom is 0.311 e. The molecule has 0 aliphatic rings. The summed E-state index contributed by atoms with van der Waals surface area (Å²) >= 11 is 0. The van der Waals surface area contributed by atoms with Crippen LogP contribution in [-0.4, -0.2) is 11.9 Å². The Morgan fingerprint density at radius 3 is 2.50 bits per heavy atom. The Labute approximate surface area is 123 Å². The predicted molar refractivity (Wildman–Crippen MR) is 88.1 cm³/mol. The summed E-state index contributed by atoms with van der Waals surface area (Å²) < 4.78 is 0. The molecule has 0 N–H and O–H groups in total. The molecule has 1 rings (SSSR count). The van der Waals surface area contributed by atoms with Crippen LogP contribution >= 0.6 is 0 Å². The lowest BCUT2D eigenvalue weighted by Crippen LogP contribution is -2.16. The molecule has 2 heteroatoms. The summed E-state index contributed by atoms with van der Waals surface area (Å²) in [6, 6.07) is 5.32. The predicted octanol–water partition coefficient (Wildman–Crippen LogP) is 4.79. The molecule has 0 spiro atoms. The topological polar surface area (TPSA) is 7.60 Å². The molecule has 0 unspecified atom stereocenters. The molecule has 0 aliphatic heterocycles. The second-order valence-electron chi connectivity index (χ2n) is 5.17. The molecule has 0 aromatic heterocycles. The lowest BCUT2D eigenvalue weighted by atomic mass is 9.93. The van der Waals surface area contributed by atoms with Gasteiger partial charge in [-0.2, -0.15) is 0 Å². The van der Waals surface area contributed by atoms with Crippen molar-refractivity contribution in [2.24, 2.45) is 0 Å². The van der Waals surface area contributed by atoms with Gasteiger partial charge in [0.2, 0.25) is 0 Å². The number of allylic oxidation sites excluding steroid dienone is 2. The number of aryl methyl sites for hydroxylation is 2. The highest BCUT2D eigenvalue weighted by atomic mass is 15.1. The molecule has 20 heavy (non-hydrogen) atoms. The zero-order valence-corrected chi connectivity index (χ0v) is 13.5. The standard InChI is InChI=1S/C18H25N2/c1-8-9-20(13(2)3)12-18-15(5)10-14(4)17(11-19-7)16(18)6/h8-10H,2,12H2,1,3-7H3/q+1/b9-8-. The van der Waals surface area contributed by atoms with Crippen LogP contribution in [0.2, 0.25) is 0 Å². The third kappa shape index (κ3) is 3.51. The third-order valence-corrected chi connectivity index (χ3v) is 3.50. The first kappa shape index (κ1) is 16.0. The largest absolute Gasteiger partial charge is 0.348 e. The summed E-state index contributed by atoms with van der Waals surface area (Å²) in [6.45, 7) is 15.3. The fourth-order valence-electron chi connectivity index (χ4n) is 2.42. The van der Waals surface area contributed by atoms with E-state index in [-0.39, 0.29) is 0 Å². The van der Waals surface area contributed by atoms with Gasteiger partial charge in [-0.05, 0) is 63.1 Å². The van der Waals surface area contributed by atoms with Crippen molar-refractivity contribution in [2.45, 2.75) is 41.2 Å². The normalized spacial score (nSPS) is 10.3. The Kier molecular flexibility index (Phi) is 5.58. The summed E-state index contributed by atoms with van der Waals surface area (Å²) in [5, 5.41) is 0. The van der Waals surface area contributed by atoms with Gasteiger partial charge in [0, 0.05) is 12.2 Å². The molecular weight excluding hydrogens is 244 g/mol. The molecule has 2 nitrogen and oxygen atoms in total. The van der Waals surface area contributed by atoms with Crippen LogP contribution in [0.1, 0.15) is 41.7 Å². The van der Waals surface area contributed by atoms with E-state index in [2.05, 4.69) is 55.4 Å². The lowest BCUT2D eigenvalue weighted by molar-refractivity contribution is 0.459. The number of nitrogens with zero attached hydrogens (tertiary/aromatic N) is 2. The van der Waals surface area contributed by atoms with Crippen molar-refractivity contribution in [1.82, 2.24) is 4.90 Å². The van der Waals surface area contributed by atoms with Crippen molar-refractivity contribution in [2.75, 3.05) is 7.05 Å². The Morgan fingerprint density at radius 1 is 1.35 bits per heavy atom. The fraction of sp³-hybridized carbons (Fsp3) is 0.389. The summed E-state index contributed by atoms with van der Waals surface area (Å²) in [4.78, 5) is 6.22. The molecule has 0 amide bonds. The van der Waals surface area contributed by atoms with Gasteiger partial charge in [-0.25, -0.2) is 0 Å². The highest BCUT2D eigenvalue weighted by Crippen LogP contribution is 2.24. The SMILES string of the molecule is C=C(C)N(/C=C\C)Cc1c(C)cc(C)c(C#[N+]C)c1C. The third-order valence-electron chi connectivity index (χ3n) is 3.50. The zero-order valence-electron chi connectivity index (χ0n) is 13.5. The van der Waals surface area contributed by atoms with Crippen LogP contribution in [0.4, 0.5) is 0 Å². The van der Waals surface area contributed by atoms with Crippen molar-refractivity contribution in [1.29, 1.82) is 0 Å². The highest BCUT2D eigenvalue weighted by molar-refractivity contribution is 5.51. The van der Waals surface area contributed by atoms with Crippen LogP contribution in [0.25, 0.3) is 4.85 Å². The lowest BCUT2D eigenvalue weighted by Gasteiger charge is -2.23. The Hall–Kier alpha value is -2.01. The molecule has 0 radical (unpaired) electrons. The number of rotatable bonds is 4. The van der Waals surface area contributed by atoms with Crippen molar-refractivity contribution >= 4 is 0 Å². The summed E-state index contributed by atoms with van der Waals surface area (Å²) in [5.41, 5.74) is 7.25. The van der Waals surface area contributed by atoms with E-state index in [1.807, 2.05) is 19.9 Å². The van der Waals surface area contributed by atoms with Gasteiger partial charge in [-0.1, -0.05) is 23.6 Å². The van der Waals surface area contributed by atoms with E-state index in [0.29, 0.717) is 0 Å². The smallest absolute Gasteiger partial charge is 0.311 e. The molecule has 0 saturated carbocycles. The van der Waals surface area contributed by atoms with Gasteiger partial charge < -0.3 is 4.90 Å². The van der Waals surface area contributed by atoms with E-state index < -0.39 is 0 Å². The highest BCUT2D eigenvalue weighted by Gasteiger charge is 2.14. The van der Waals surface area contributed by atoms with Gasteiger partial charge in [0.25, 0.3) is 7.05 Å². The van der Waals surface area contributed by atoms with Gasteiger partial charge in [0.05, 0.1) is 0 Å². The minimum atomic E-state index is 0.829. The van der Waals surface area contributed by atoms with Gasteiger partial charge in [-0.3, -0.25) is 0 Å². The molecular formula is C18H25N2+. The van der Waals surface area contributed by atoms with E-state index in [0.717, 1.165) is 17.8 Å². The second-order valence-corrected chi connectivity index (χ2v) is 5.17. The summed E-state index contributed by atoms with van der Waals surface area (Å²) in [7, 11) is 1.76. The monoisotopic (exact) mass is 269 g/mol. The fourth-order valence-corrected chi connectivity index (χ4v) is 2.42. The van der Waals surface area contributed by atoms with Crippen molar-refractivity contribution in [3.05, 3.63) is 63.3 Å². The first-order valence-corrected chi connectivity index (χ1v) is 6.91. The van der Waals surface area contributed by atoms with E-state index in [9.17, 15) is 0 Å². The second kappa shape index (κ2) is 6.96. The minimum Gasteiger partial charge on any atom is -0.348 e. The Balaban J connectivity index is 3.33. The van der Waals surface area contributed by atoms with Crippen molar-refractivity contribution < 1.29 is 0 Å². The van der Waals surface area contributed by atoms with E-state index in [1.54, 1.807) is 7.05 Å². The van der Waals surface area contributed by atoms with Gasteiger partial charge in [0.1, 0.15) is 5.56 Å². The molecule has 0 aliphatic carbocycles. The van der Waals surface area contributed by atoms with Crippen LogP contribution in [0.5, 0.6) is 0 Å². The summed E-state index contributed by atoms with van der Waals surface area (Å²) in [6.07, 6.45) is 4.10. The molecule has 0 fully saturated rings. The average Bonchev–Trinajstić information content (AvgIpc) is 2.37. The van der Waals surface area contributed by atoms with Crippen LogP contribution in [-0.2, 0) is 6.54 Å². The first-order valence-electron chi connectivity index (χ1n) is 6.91. The Bertz CT molecular complexity index is 598. The van der Waals surface area contributed by atoms with Crippen LogP contribution in [0.15, 0.2) is 30.6 Å². The summed E-state index contributed by atoms with van der Waals surface area (Å²) in [5.74, 6) is 0. The van der Waals surface area contributed by atoms with Crippen LogP contribution in [0, 0.1) is 26.8 Å². The van der Waals surface area contributed by atoms with Crippen molar-refractivity contribution in [3.8, 4) is 6.07 Å².